The van der Waals surface area contributed by atoms with Crippen LogP contribution in [0.2, 0.25) is 5.02 Å². The minimum atomic E-state index is -0.525. The van der Waals surface area contributed by atoms with Crippen LogP contribution >= 0.6 is 11.6 Å². The van der Waals surface area contributed by atoms with E-state index in [1.165, 1.54) is 32.4 Å². The van der Waals surface area contributed by atoms with Gasteiger partial charge in [0.15, 0.2) is 0 Å². The van der Waals surface area contributed by atoms with Crippen LogP contribution in [-0.4, -0.2) is 26.0 Å². The van der Waals surface area contributed by atoms with Gasteiger partial charge in [0, 0.05) is 12.6 Å². The number of halogens is 1. The van der Waals surface area contributed by atoms with E-state index >= 15 is 0 Å². The Morgan fingerprint density at radius 1 is 1.40 bits per heavy atom. The van der Waals surface area contributed by atoms with Crippen LogP contribution in [-0.2, 0) is 4.74 Å². The molecule has 0 aromatic heterocycles. The van der Waals surface area contributed by atoms with Crippen molar-refractivity contribution in [2.24, 2.45) is 0 Å². The Morgan fingerprint density at radius 2 is 2.07 bits per heavy atom. The van der Waals surface area contributed by atoms with Gasteiger partial charge in [-0.2, -0.15) is 0 Å². The highest BCUT2D eigenvalue weighted by atomic mass is 35.5. The summed E-state index contributed by atoms with van der Waals surface area (Å²) in [6.45, 7) is 0. The second-order valence-corrected chi connectivity index (χ2v) is 3.17. The molecule has 0 radical (unpaired) electrons. The van der Waals surface area contributed by atoms with E-state index < -0.39 is 5.97 Å². The van der Waals surface area contributed by atoms with Crippen LogP contribution in [0.1, 0.15) is 20.7 Å². The number of carbonyl (C=O) groups excluding carboxylic acids is 2. The van der Waals surface area contributed by atoms with Gasteiger partial charge >= 0.3 is 5.97 Å². The maximum Gasteiger partial charge on any atom is 0.339 e. The molecule has 0 unspecified atom stereocenters. The third-order valence-electron chi connectivity index (χ3n) is 1.86. The molecule has 0 aliphatic carbocycles. The van der Waals surface area contributed by atoms with Crippen LogP contribution in [0.5, 0.6) is 0 Å². The van der Waals surface area contributed by atoms with Gasteiger partial charge < -0.3 is 10.1 Å². The number of nitrogens with one attached hydrogen (secondary N) is 1. The number of benzene rings is 1. The number of esters is 1. The number of ether oxygens (including phenoxy) is 1. The number of hydrogen-bond donors (Lipinski definition) is 1. The van der Waals surface area contributed by atoms with Crippen LogP contribution in [0, 0.1) is 0 Å². The molecule has 0 aliphatic rings. The summed E-state index contributed by atoms with van der Waals surface area (Å²) >= 11 is 5.82. The summed E-state index contributed by atoms with van der Waals surface area (Å²) in [5, 5.41) is 2.65. The fourth-order valence-corrected chi connectivity index (χ4v) is 1.33. The summed E-state index contributed by atoms with van der Waals surface area (Å²) in [7, 11) is 2.79. The molecule has 0 spiro atoms. The van der Waals surface area contributed by atoms with Gasteiger partial charge in [-0.05, 0) is 18.2 Å². The quantitative estimate of drug-likeness (QED) is 0.779. The molecule has 0 bridgehead atoms. The molecule has 0 heterocycles. The smallest absolute Gasteiger partial charge is 0.339 e. The van der Waals surface area contributed by atoms with Crippen LogP contribution in [0.4, 0.5) is 0 Å². The van der Waals surface area contributed by atoms with Crippen molar-refractivity contribution in [3.05, 3.63) is 34.3 Å². The molecular weight excluding hydrogens is 218 g/mol. The first-order chi connectivity index (χ1) is 7.10. The molecule has 1 aromatic rings. The lowest BCUT2D eigenvalue weighted by molar-refractivity contribution is 0.0600. The molecule has 0 saturated heterocycles. The predicted molar refractivity (Wildman–Crippen MR) is 56.2 cm³/mol. The monoisotopic (exact) mass is 227 g/mol. The molecule has 1 aromatic carbocycles. The van der Waals surface area contributed by atoms with Crippen molar-refractivity contribution in [1.29, 1.82) is 0 Å². The second kappa shape index (κ2) is 4.79. The largest absolute Gasteiger partial charge is 0.465 e. The fraction of sp³-hybridized carbons (Fsp3) is 0.200. The number of rotatable bonds is 2. The number of carbonyl (C=O) groups is 2. The predicted octanol–water partition coefficient (Wildman–Crippen LogP) is 1.49. The minimum absolute atomic E-state index is 0.197. The van der Waals surface area contributed by atoms with E-state index in [0.717, 1.165) is 0 Å². The Kier molecular flexibility index (Phi) is 3.68. The lowest BCUT2D eigenvalue weighted by atomic mass is 10.1. The van der Waals surface area contributed by atoms with Crippen LogP contribution in [0.25, 0.3) is 0 Å². The van der Waals surface area contributed by atoms with Gasteiger partial charge in [0.25, 0.3) is 5.91 Å². The summed E-state index contributed by atoms with van der Waals surface area (Å²) in [6, 6.07) is 4.39. The van der Waals surface area contributed by atoms with Crippen LogP contribution in [0.3, 0.4) is 0 Å². The SMILES string of the molecule is CNC(=O)c1ccc(C(=O)OC)c(Cl)c1. The lowest BCUT2D eigenvalue weighted by Crippen LogP contribution is -2.18. The van der Waals surface area contributed by atoms with Crippen molar-refractivity contribution in [2.45, 2.75) is 0 Å². The zero-order valence-electron chi connectivity index (χ0n) is 8.33. The second-order valence-electron chi connectivity index (χ2n) is 2.77. The Hall–Kier alpha value is -1.55. The third kappa shape index (κ3) is 2.47. The minimum Gasteiger partial charge on any atom is -0.465 e. The zero-order chi connectivity index (χ0) is 11.4. The lowest BCUT2D eigenvalue weighted by Gasteiger charge is -2.04. The summed E-state index contributed by atoms with van der Waals surface area (Å²) in [4.78, 5) is 22.4. The first kappa shape index (κ1) is 11.5. The van der Waals surface area contributed by atoms with E-state index in [0.29, 0.717) is 5.56 Å². The summed E-state index contributed by atoms with van der Waals surface area (Å²) in [5.74, 6) is -0.781. The highest BCUT2D eigenvalue weighted by molar-refractivity contribution is 6.34. The van der Waals surface area contributed by atoms with Crippen molar-refractivity contribution in [1.82, 2.24) is 5.32 Å². The van der Waals surface area contributed by atoms with Gasteiger partial charge in [0.1, 0.15) is 0 Å². The Bertz CT molecular complexity index is 404. The normalized spacial score (nSPS) is 9.53. The molecule has 4 nitrogen and oxygen atoms in total. The average molecular weight is 228 g/mol. The van der Waals surface area contributed by atoms with Gasteiger partial charge in [-0.15, -0.1) is 0 Å². The molecule has 0 atom stereocenters. The van der Waals surface area contributed by atoms with E-state index in [2.05, 4.69) is 10.1 Å². The number of hydrogen-bond acceptors (Lipinski definition) is 3. The fourth-order valence-electron chi connectivity index (χ4n) is 1.08. The Balaban J connectivity index is 3.08. The maximum atomic E-state index is 11.2. The third-order valence-corrected chi connectivity index (χ3v) is 2.18. The van der Waals surface area contributed by atoms with Crippen molar-refractivity contribution in [3.8, 4) is 0 Å². The number of methoxy groups -OCH3 is 1. The molecular formula is C10H10ClNO3. The molecule has 1 amide bonds. The van der Waals surface area contributed by atoms with Crippen molar-refractivity contribution < 1.29 is 14.3 Å². The standard InChI is InChI=1S/C10H10ClNO3/c1-12-9(13)6-3-4-7(8(11)5-6)10(14)15-2/h3-5H,1-2H3,(H,12,13). The first-order valence-corrected chi connectivity index (χ1v) is 4.58. The first-order valence-electron chi connectivity index (χ1n) is 4.20. The molecule has 0 aliphatic heterocycles. The molecule has 5 heteroatoms. The highest BCUT2D eigenvalue weighted by Crippen LogP contribution is 2.18. The van der Waals surface area contributed by atoms with Gasteiger partial charge in [0.05, 0.1) is 17.7 Å². The van der Waals surface area contributed by atoms with E-state index in [4.69, 9.17) is 11.6 Å². The van der Waals surface area contributed by atoms with Gasteiger partial charge in [-0.1, -0.05) is 11.6 Å². The van der Waals surface area contributed by atoms with E-state index in [1.807, 2.05) is 0 Å². The van der Waals surface area contributed by atoms with Gasteiger partial charge in [0.2, 0.25) is 0 Å². The molecule has 15 heavy (non-hydrogen) atoms. The topological polar surface area (TPSA) is 55.4 Å². The Morgan fingerprint density at radius 3 is 2.53 bits per heavy atom. The summed E-state index contributed by atoms with van der Waals surface area (Å²) in [6.07, 6.45) is 0. The zero-order valence-corrected chi connectivity index (χ0v) is 9.09. The summed E-state index contributed by atoms with van der Waals surface area (Å²) < 4.78 is 4.52. The molecule has 1 rings (SSSR count). The molecule has 0 saturated carbocycles. The highest BCUT2D eigenvalue weighted by Gasteiger charge is 2.12. The number of amides is 1. The maximum absolute atomic E-state index is 11.2. The van der Waals surface area contributed by atoms with Crippen molar-refractivity contribution in [3.63, 3.8) is 0 Å². The van der Waals surface area contributed by atoms with Crippen LogP contribution in [0.15, 0.2) is 18.2 Å². The van der Waals surface area contributed by atoms with E-state index in [1.54, 1.807) is 0 Å². The average Bonchev–Trinajstić information content (AvgIpc) is 2.26. The van der Waals surface area contributed by atoms with Crippen molar-refractivity contribution in [2.75, 3.05) is 14.2 Å². The van der Waals surface area contributed by atoms with Gasteiger partial charge in [-0.3, -0.25) is 4.79 Å². The van der Waals surface area contributed by atoms with E-state index in [9.17, 15) is 9.59 Å². The molecule has 80 valence electrons. The summed E-state index contributed by atoms with van der Waals surface area (Å²) in [5.41, 5.74) is 0.641. The molecule has 0 fully saturated rings. The van der Waals surface area contributed by atoms with Crippen LogP contribution < -0.4 is 5.32 Å². The molecule has 1 N–H and O–H groups in total. The Labute approximate surface area is 92.2 Å². The van der Waals surface area contributed by atoms with Crippen molar-refractivity contribution >= 4 is 23.5 Å². The van der Waals surface area contributed by atoms with E-state index in [-0.39, 0.29) is 16.5 Å². The van der Waals surface area contributed by atoms with Gasteiger partial charge in [-0.25, -0.2) is 4.79 Å².